The van der Waals surface area contributed by atoms with E-state index in [0.717, 1.165) is 22.3 Å². The molecular formula is C18H12Cl2O2. The van der Waals surface area contributed by atoms with Crippen molar-refractivity contribution < 1.29 is 9.59 Å². The topological polar surface area (TPSA) is 34.1 Å². The minimum atomic E-state index is -0.557. The molecule has 22 heavy (non-hydrogen) atoms. The molecular weight excluding hydrogens is 319 g/mol. The summed E-state index contributed by atoms with van der Waals surface area (Å²) < 4.78 is 0. The van der Waals surface area contributed by atoms with Gasteiger partial charge in [-0.15, -0.1) is 0 Å². The maximum absolute atomic E-state index is 11.4. The number of benzene rings is 2. The zero-order valence-electron chi connectivity index (χ0n) is 11.6. The number of carbonyl (C=O) groups is 2. The summed E-state index contributed by atoms with van der Waals surface area (Å²) >= 11 is 11.1. The van der Waals surface area contributed by atoms with Crippen LogP contribution in [0.4, 0.5) is 0 Å². The predicted molar refractivity (Wildman–Crippen MR) is 92.4 cm³/mol. The lowest BCUT2D eigenvalue weighted by Crippen LogP contribution is -1.94. The second-order valence-electron chi connectivity index (χ2n) is 4.64. The van der Waals surface area contributed by atoms with Gasteiger partial charge in [0, 0.05) is 11.1 Å². The number of hydrogen-bond acceptors (Lipinski definition) is 2. The van der Waals surface area contributed by atoms with E-state index in [1.807, 2.05) is 12.1 Å². The van der Waals surface area contributed by atoms with Crippen molar-refractivity contribution in [1.29, 1.82) is 0 Å². The first-order valence-corrected chi connectivity index (χ1v) is 7.15. The van der Waals surface area contributed by atoms with E-state index in [1.165, 1.54) is 0 Å². The van der Waals surface area contributed by atoms with Crippen molar-refractivity contribution in [2.24, 2.45) is 0 Å². The standard InChI is InChI=1S/C18H12Cl2O2/c1-3-11-5-13(9-15(7-11)17(19)21)14-6-12(4-2)8-16(10-14)18(20)22/h3-10H,1-2H2. The molecule has 0 amide bonds. The van der Waals surface area contributed by atoms with Crippen LogP contribution in [-0.2, 0) is 0 Å². The Kier molecular flexibility index (Phi) is 4.96. The summed E-state index contributed by atoms with van der Waals surface area (Å²) in [6.07, 6.45) is 3.25. The van der Waals surface area contributed by atoms with E-state index in [4.69, 9.17) is 23.2 Å². The molecule has 0 saturated heterocycles. The minimum Gasteiger partial charge on any atom is -0.276 e. The van der Waals surface area contributed by atoms with Crippen LogP contribution in [0.5, 0.6) is 0 Å². The molecule has 2 nitrogen and oxygen atoms in total. The molecule has 0 spiro atoms. The van der Waals surface area contributed by atoms with Gasteiger partial charge in [0.15, 0.2) is 0 Å². The largest absolute Gasteiger partial charge is 0.276 e. The zero-order valence-corrected chi connectivity index (χ0v) is 13.1. The minimum absolute atomic E-state index is 0.358. The molecule has 110 valence electrons. The molecule has 0 N–H and O–H groups in total. The molecule has 0 fully saturated rings. The summed E-state index contributed by atoms with van der Waals surface area (Å²) in [5.41, 5.74) is 3.70. The van der Waals surface area contributed by atoms with Gasteiger partial charge in [-0.05, 0) is 81.9 Å². The molecule has 2 aromatic rings. The van der Waals surface area contributed by atoms with E-state index in [9.17, 15) is 9.59 Å². The monoisotopic (exact) mass is 330 g/mol. The fourth-order valence-corrected chi connectivity index (χ4v) is 2.32. The third-order valence-corrected chi connectivity index (χ3v) is 3.61. The van der Waals surface area contributed by atoms with Gasteiger partial charge in [-0.3, -0.25) is 9.59 Å². The first kappa shape index (κ1) is 16.2. The van der Waals surface area contributed by atoms with Gasteiger partial charge in [0.25, 0.3) is 10.5 Å². The Balaban J connectivity index is 2.69. The number of carbonyl (C=O) groups excluding carboxylic acids is 2. The summed E-state index contributed by atoms with van der Waals surface area (Å²) in [6, 6.07) is 10.3. The third kappa shape index (κ3) is 3.53. The van der Waals surface area contributed by atoms with Gasteiger partial charge in [-0.2, -0.15) is 0 Å². The van der Waals surface area contributed by atoms with Gasteiger partial charge >= 0.3 is 0 Å². The maximum Gasteiger partial charge on any atom is 0.252 e. The molecule has 0 aromatic heterocycles. The Morgan fingerprint density at radius 2 is 1.09 bits per heavy atom. The highest BCUT2D eigenvalue weighted by molar-refractivity contribution is 6.68. The second kappa shape index (κ2) is 6.73. The lowest BCUT2D eigenvalue weighted by atomic mass is 9.96. The van der Waals surface area contributed by atoms with Gasteiger partial charge < -0.3 is 0 Å². The average molecular weight is 331 g/mol. The van der Waals surface area contributed by atoms with Crippen molar-refractivity contribution in [2.45, 2.75) is 0 Å². The average Bonchev–Trinajstić information content (AvgIpc) is 2.53. The normalized spacial score (nSPS) is 10.1. The molecule has 0 unspecified atom stereocenters. The van der Waals surface area contributed by atoms with Crippen LogP contribution < -0.4 is 0 Å². The third-order valence-electron chi connectivity index (χ3n) is 3.17. The molecule has 0 aliphatic rings. The lowest BCUT2D eigenvalue weighted by Gasteiger charge is -2.08. The molecule has 0 aliphatic carbocycles. The van der Waals surface area contributed by atoms with Crippen LogP contribution in [0.2, 0.25) is 0 Å². The number of halogens is 2. The Bertz CT molecular complexity index is 724. The summed E-state index contributed by atoms with van der Waals surface area (Å²) in [4.78, 5) is 22.9. The van der Waals surface area contributed by atoms with E-state index in [1.54, 1.807) is 36.4 Å². The van der Waals surface area contributed by atoms with Crippen molar-refractivity contribution in [1.82, 2.24) is 0 Å². The Labute approximate surface area is 138 Å². The van der Waals surface area contributed by atoms with E-state index < -0.39 is 10.5 Å². The van der Waals surface area contributed by atoms with Crippen LogP contribution >= 0.6 is 23.2 Å². The van der Waals surface area contributed by atoms with Gasteiger partial charge in [-0.1, -0.05) is 25.3 Å². The van der Waals surface area contributed by atoms with Crippen molar-refractivity contribution in [3.05, 3.63) is 71.8 Å². The molecule has 0 saturated carbocycles. The summed E-state index contributed by atoms with van der Waals surface area (Å²) in [5, 5.41) is -1.11. The Morgan fingerprint density at radius 3 is 1.36 bits per heavy atom. The van der Waals surface area contributed by atoms with Gasteiger partial charge in [-0.25, -0.2) is 0 Å². The summed E-state index contributed by atoms with van der Waals surface area (Å²) in [7, 11) is 0. The molecule has 0 heterocycles. The van der Waals surface area contributed by atoms with Crippen LogP contribution in [0.3, 0.4) is 0 Å². The van der Waals surface area contributed by atoms with E-state index >= 15 is 0 Å². The number of rotatable bonds is 5. The molecule has 0 bridgehead atoms. The quantitative estimate of drug-likeness (QED) is 0.688. The SMILES string of the molecule is C=Cc1cc(C(=O)Cl)cc(-c2cc(C=C)cc(C(=O)Cl)c2)c1. The Morgan fingerprint density at radius 1 is 0.727 bits per heavy atom. The zero-order chi connectivity index (χ0) is 16.3. The summed E-state index contributed by atoms with van der Waals surface area (Å²) in [5.74, 6) is 0. The molecule has 0 radical (unpaired) electrons. The van der Waals surface area contributed by atoms with Crippen LogP contribution in [-0.4, -0.2) is 10.5 Å². The highest BCUT2D eigenvalue weighted by Crippen LogP contribution is 2.27. The van der Waals surface area contributed by atoms with Gasteiger partial charge in [0.2, 0.25) is 0 Å². The second-order valence-corrected chi connectivity index (χ2v) is 5.33. The fraction of sp³-hybridized carbons (Fsp3) is 0. The van der Waals surface area contributed by atoms with Crippen LogP contribution in [0.15, 0.2) is 49.6 Å². The van der Waals surface area contributed by atoms with Crippen LogP contribution in [0.1, 0.15) is 31.8 Å². The molecule has 0 aliphatic heterocycles. The van der Waals surface area contributed by atoms with Crippen molar-refractivity contribution in [2.75, 3.05) is 0 Å². The number of hydrogen-bond donors (Lipinski definition) is 0. The van der Waals surface area contributed by atoms with E-state index in [-0.39, 0.29) is 0 Å². The van der Waals surface area contributed by atoms with Crippen molar-refractivity contribution >= 4 is 45.8 Å². The van der Waals surface area contributed by atoms with Crippen LogP contribution in [0.25, 0.3) is 23.3 Å². The smallest absolute Gasteiger partial charge is 0.252 e. The molecule has 4 heteroatoms. The highest BCUT2D eigenvalue weighted by Gasteiger charge is 2.10. The lowest BCUT2D eigenvalue weighted by molar-refractivity contribution is 0.107. The fourth-order valence-electron chi connectivity index (χ4n) is 2.10. The van der Waals surface area contributed by atoms with Gasteiger partial charge in [0.05, 0.1) is 0 Å². The molecule has 2 aromatic carbocycles. The first-order chi connectivity index (χ1) is 10.4. The first-order valence-electron chi connectivity index (χ1n) is 6.39. The van der Waals surface area contributed by atoms with Crippen LogP contribution in [0, 0.1) is 0 Å². The van der Waals surface area contributed by atoms with Crippen molar-refractivity contribution in [3.8, 4) is 11.1 Å². The highest BCUT2D eigenvalue weighted by atomic mass is 35.5. The summed E-state index contributed by atoms with van der Waals surface area (Å²) in [6.45, 7) is 7.40. The van der Waals surface area contributed by atoms with E-state index in [0.29, 0.717) is 11.1 Å². The molecule has 0 atom stereocenters. The predicted octanol–water partition coefficient (Wildman–Crippen LogP) is 5.40. The van der Waals surface area contributed by atoms with Gasteiger partial charge in [0.1, 0.15) is 0 Å². The maximum atomic E-state index is 11.4. The molecule has 2 rings (SSSR count). The Hall–Kier alpha value is -2.16. The van der Waals surface area contributed by atoms with E-state index in [2.05, 4.69) is 13.2 Å². The van der Waals surface area contributed by atoms with Crippen molar-refractivity contribution in [3.63, 3.8) is 0 Å².